The van der Waals surface area contributed by atoms with Crippen LogP contribution >= 0.6 is 31.9 Å². The van der Waals surface area contributed by atoms with Gasteiger partial charge >= 0.3 is 0 Å². The van der Waals surface area contributed by atoms with Crippen LogP contribution in [0.25, 0.3) is 0 Å². The molecule has 2 rings (SSSR count). The van der Waals surface area contributed by atoms with Gasteiger partial charge in [0.05, 0.1) is 6.33 Å². The molecular formula is C12H11Br2N3O. The highest BCUT2D eigenvalue weighted by molar-refractivity contribution is 9.11. The Morgan fingerprint density at radius 3 is 2.61 bits per heavy atom. The predicted octanol–water partition coefficient (Wildman–Crippen LogP) is 2.84. The molecule has 1 aromatic heterocycles. The molecule has 1 amide bonds. The van der Waals surface area contributed by atoms with Crippen LogP contribution in [-0.2, 0) is 6.54 Å². The Labute approximate surface area is 122 Å². The van der Waals surface area contributed by atoms with Crippen molar-refractivity contribution in [2.75, 3.05) is 6.54 Å². The Bertz CT molecular complexity index is 520. The third-order valence-electron chi connectivity index (χ3n) is 2.34. The number of rotatable bonds is 4. The zero-order chi connectivity index (χ0) is 13.0. The number of nitrogens with one attached hydrogen (secondary N) is 1. The number of carbonyl (C=O) groups excluding carboxylic acids is 1. The second kappa shape index (κ2) is 6.15. The van der Waals surface area contributed by atoms with Crippen molar-refractivity contribution in [1.82, 2.24) is 14.9 Å². The van der Waals surface area contributed by atoms with E-state index in [2.05, 4.69) is 42.2 Å². The van der Waals surface area contributed by atoms with Crippen LogP contribution in [0, 0.1) is 0 Å². The van der Waals surface area contributed by atoms with E-state index in [0.717, 1.165) is 8.95 Å². The van der Waals surface area contributed by atoms with Gasteiger partial charge in [-0.25, -0.2) is 4.98 Å². The maximum absolute atomic E-state index is 11.9. The van der Waals surface area contributed by atoms with Gasteiger partial charge in [-0.15, -0.1) is 0 Å². The minimum Gasteiger partial charge on any atom is -0.350 e. The monoisotopic (exact) mass is 371 g/mol. The normalized spacial score (nSPS) is 10.3. The van der Waals surface area contributed by atoms with Crippen molar-refractivity contribution >= 4 is 37.8 Å². The first-order valence-corrected chi connectivity index (χ1v) is 6.94. The van der Waals surface area contributed by atoms with Crippen LogP contribution in [-0.4, -0.2) is 22.0 Å². The van der Waals surface area contributed by atoms with E-state index in [1.54, 1.807) is 24.7 Å². The fourth-order valence-corrected chi connectivity index (χ4v) is 2.80. The lowest BCUT2D eigenvalue weighted by atomic mass is 10.2. The van der Waals surface area contributed by atoms with Crippen LogP contribution < -0.4 is 5.32 Å². The average molecular weight is 373 g/mol. The second-order valence-electron chi connectivity index (χ2n) is 3.71. The minimum absolute atomic E-state index is 0.0860. The number of halogens is 2. The Balaban J connectivity index is 1.91. The molecule has 0 atom stereocenters. The number of imidazole rings is 1. The van der Waals surface area contributed by atoms with E-state index in [9.17, 15) is 4.79 Å². The average Bonchev–Trinajstić information content (AvgIpc) is 2.80. The van der Waals surface area contributed by atoms with Crippen molar-refractivity contribution in [3.63, 3.8) is 0 Å². The standard InChI is InChI=1S/C12H11Br2N3O/c13-10-5-9(6-11(14)7-10)12(18)16-2-4-17-3-1-15-8-17/h1,3,5-8H,2,4H2,(H,16,18). The first-order chi connectivity index (χ1) is 8.65. The lowest BCUT2D eigenvalue weighted by molar-refractivity contribution is 0.0952. The quantitative estimate of drug-likeness (QED) is 0.896. The number of hydrogen-bond donors (Lipinski definition) is 1. The van der Waals surface area contributed by atoms with Crippen molar-refractivity contribution in [3.05, 3.63) is 51.4 Å². The van der Waals surface area contributed by atoms with Crippen molar-refractivity contribution in [2.24, 2.45) is 0 Å². The van der Waals surface area contributed by atoms with Gasteiger partial charge in [0.25, 0.3) is 5.91 Å². The van der Waals surface area contributed by atoms with Crippen molar-refractivity contribution in [1.29, 1.82) is 0 Å². The predicted molar refractivity (Wildman–Crippen MR) is 76.4 cm³/mol. The molecule has 0 radical (unpaired) electrons. The highest BCUT2D eigenvalue weighted by atomic mass is 79.9. The number of carbonyl (C=O) groups is 1. The Morgan fingerprint density at radius 1 is 1.28 bits per heavy atom. The van der Waals surface area contributed by atoms with Crippen LogP contribution in [0.15, 0.2) is 45.9 Å². The molecular weight excluding hydrogens is 362 g/mol. The van der Waals surface area contributed by atoms with Gasteiger partial charge < -0.3 is 9.88 Å². The number of amides is 1. The summed E-state index contributed by atoms with van der Waals surface area (Å²) in [5.41, 5.74) is 0.627. The van der Waals surface area contributed by atoms with E-state index in [4.69, 9.17) is 0 Å². The van der Waals surface area contributed by atoms with E-state index in [-0.39, 0.29) is 5.91 Å². The molecule has 0 aliphatic carbocycles. The molecule has 0 aliphatic rings. The van der Waals surface area contributed by atoms with Crippen molar-refractivity contribution in [2.45, 2.75) is 6.54 Å². The molecule has 2 aromatic rings. The van der Waals surface area contributed by atoms with Gasteiger partial charge in [-0.3, -0.25) is 4.79 Å². The third kappa shape index (κ3) is 3.68. The van der Waals surface area contributed by atoms with Gasteiger partial charge in [0.1, 0.15) is 0 Å². The van der Waals surface area contributed by atoms with Crippen molar-refractivity contribution < 1.29 is 4.79 Å². The molecule has 1 aromatic carbocycles. The number of benzene rings is 1. The Hall–Kier alpha value is -1.14. The summed E-state index contributed by atoms with van der Waals surface area (Å²) >= 11 is 6.72. The summed E-state index contributed by atoms with van der Waals surface area (Å²) in [6, 6.07) is 5.47. The topological polar surface area (TPSA) is 46.9 Å². The lowest BCUT2D eigenvalue weighted by Crippen LogP contribution is -2.27. The summed E-state index contributed by atoms with van der Waals surface area (Å²) in [4.78, 5) is 15.8. The summed E-state index contributed by atoms with van der Waals surface area (Å²) in [5.74, 6) is -0.0860. The zero-order valence-corrected chi connectivity index (χ0v) is 12.6. The van der Waals surface area contributed by atoms with Gasteiger partial charge in [0, 0.05) is 40.0 Å². The smallest absolute Gasteiger partial charge is 0.251 e. The molecule has 0 spiro atoms. The van der Waals surface area contributed by atoms with Gasteiger partial charge in [0.15, 0.2) is 0 Å². The number of nitrogens with zero attached hydrogens (tertiary/aromatic N) is 2. The van der Waals surface area contributed by atoms with E-state index < -0.39 is 0 Å². The molecule has 1 heterocycles. The molecule has 0 aliphatic heterocycles. The SMILES string of the molecule is O=C(NCCn1ccnc1)c1cc(Br)cc(Br)c1. The molecule has 94 valence electrons. The van der Waals surface area contributed by atoms with Crippen LogP contribution in [0.4, 0.5) is 0 Å². The van der Waals surface area contributed by atoms with Gasteiger partial charge in [-0.2, -0.15) is 0 Å². The summed E-state index contributed by atoms with van der Waals surface area (Å²) in [5, 5.41) is 2.86. The molecule has 0 fully saturated rings. The summed E-state index contributed by atoms with van der Waals surface area (Å²) in [6.07, 6.45) is 5.30. The first-order valence-electron chi connectivity index (χ1n) is 5.35. The fraction of sp³-hybridized carbons (Fsp3) is 0.167. The Kier molecular flexibility index (Phi) is 4.54. The molecule has 4 nitrogen and oxygen atoms in total. The van der Waals surface area contributed by atoms with E-state index >= 15 is 0 Å². The summed E-state index contributed by atoms with van der Waals surface area (Å²) < 4.78 is 3.66. The van der Waals surface area contributed by atoms with Gasteiger partial charge in [0.2, 0.25) is 0 Å². The van der Waals surface area contributed by atoms with Crippen LogP contribution in [0.1, 0.15) is 10.4 Å². The van der Waals surface area contributed by atoms with Crippen LogP contribution in [0.3, 0.4) is 0 Å². The fourth-order valence-electron chi connectivity index (χ4n) is 1.50. The zero-order valence-electron chi connectivity index (χ0n) is 9.44. The molecule has 18 heavy (non-hydrogen) atoms. The van der Waals surface area contributed by atoms with Gasteiger partial charge in [-0.1, -0.05) is 31.9 Å². The number of hydrogen-bond acceptors (Lipinski definition) is 2. The Morgan fingerprint density at radius 2 is 2.00 bits per heavy atom. The van der Waals surface area contributed by atoms with E-state index in [0.29, 0.717) is 18.7 Å². The lowest BCUT2D eigenvalue weighted by Gasteiger charge is -2.06. The number of aromatic nitrogens is 2. The van der Waals surface area contributed by atoms with E-state index in [1.807, 2.05) is 16.8 Å². The highest BCUT2D eigenvalue weighted by Gasteiger charge is 2.06. The highest BCUT2D eigenvalue weighted by Crippen LogP contribution is 2.19. The first kappa shape index (κ1) is 13.3. The third-order valence-corrected chi connectivity index (χ3v) is 3.26. The molecule has 0 saturated heterocycles. The van der Waals surface area contributed by atoms with Crippen LogP contribution in [0.5, 0.6) is 0 Å². The minimum atomic E-state index is -0.0860. The second-order valence-corrected chi connectivity index (χ2v) is 5.55. The molecule has 0 bridgehead atoms. The molecule has 0 saturated carbocycles. The van der Waals surface area contributed by atoms with Gasteiger partial charge in [-0.05, 0) is 18.2 Å². The largest absolute Gasteiger partial charge is 0.350 e. The summed E-state index contributed by atoms with van der Waals surface area (Å²) in [7, 11) is 0. The molecule has 6 heteroatoms. The summed E-state index contributed by atoms with van der Waals surface area (Å²) in [6.45, 7) is 1.28. The maximum Gasteiger partial charge on any atom is 0.251 e. The van der Waals surface area contributed by atoms with Crippen LogP contribution in [0.2, 0.25) is 0 Å². The van der Waals surface area contributed by atoms with Crippen molar-refractivity contribution in [3.8, 4) is 0 Å². The maximum atomic E-state index is 11.9. The molecule has 0 unspecified atom stereocenters. The van der Waals surface area contributed by atoms with E-state index in [1.165, 1.54) is 0 Å². The molecule has 1 N–H and O–H groups in total.